The molecule has 1 rings (SSSR count). The summed E-state index contributed by atoms with van der Waals surface area (Å²) in [7, 11) is 0. The molecule has 0 atom stereocenters. The van der Waals surface area contributed by atoms with E-state index in [-0.39, 0.29) is 0 Å². The van der Waals surface area contributed by atoms with E-state index < -0.39 is 19.1 Å². The number of nitrogen functional groups attached to an aromatic ring is 1. The Balaban J connectivity index is 0.000000236. The minimum absolute atomic E-state index is 0.822. The number of hydrogen-bond acceptors (Lipinski definition) is 3. The molecule has 0 fully saturated rings. The van der Waals surface area contributed by atoms with E-state index >= 15 is 0 Å². The minimum atomic E-state index is -2.00. The number of nitrogens with two attached hydrogens (primary N) is 1. The Labute approximate surface area is 67.8 Å². The van der Waals surface area contributed by atoms with Gasteiger partial charge in [-0.15, -0.1) is 0 Å². The van der Waals surface area contributed by atoms with Crippen LogP contribution in [0.15, 0.2) is 30.3 Å². The van der Waals surface area contributed by atoms with Crippen molar-refractivity contribution in [1.29, 1.82) is 0 Å². The number of benzene rings is 1. The average molecular weight is 173 g/mol. The molecule has 0 unspecified atom stereocenters. The van der Waals surface area contributed by atoms with Gasteiger partial charge in [0.25, 0.3) is 0 Å². The predicted molar refractivity (Wildman–Crippen MR) is 32.2 cm³/mol. The topological polar surface area (TPSA) is 60.2 Å². The summed E-state index contributed by atoms with van der Waals surface area (Å²) in [6.45, 7) is 0. The molecule has 0 radical (unpaired) electrons. The average Bonchev–Trinajstić information content (AvgIpc) is 1.91. The zero-order valence-corrected chi connectivity index (χ0v) is 6.84. The van der Waals surface area contributed by atoms with Crippen molar-refractivity contribution >= 4 is 5.69 Å². The van der Waals surface area contributed by atoms with Crippen molar-refractivity contribution < 1.29 is 25.7 Å². The molecule has 0 spiro atoms. The van der Waals surface area contributed by atoms with Gasteiger partial charge in [0, 0.05) is 5.69 Å². The van der Waals surface area contributed by atoms with Crippen LogP contribution in [-0.2, 0) is 25.7 Å². The van der Waals surface area contributed by atoms with Crippen LogP contribution in [0.1, 0.15) is 0 Å². The van der Waals surface area contributed by atoms with Gasteiger partial charge in [0.05, 0.1) is 0 Å². The molecule has 4 heteroatoms. The SMILES string of the molecule is Nc1ccccc1.[O]=[Ti]=[O]. The van der Waals surface area contributed by atoms with Gasteiger partial charge in [0.15, 0.2) is 0 Å². The molecule has 1 aromatic carbocycles. The van der Waals surface area contributed by atoms with Gasteiger partial charge in [-0.25, -0.2) is 0 Å². The Morgan fingerprint density at radius 2 is 1.50 bits per heavy atom. The molecule has 0 aliphatic heterocycles. The molecule has 0 saturated carbocycles. The van der Waals surface area contributed by atoms with Crippen molar-refractivity contribution in [2.75, 3.05) is 5.73 Å². The second kappa shape index (κ2) is 6.45. The monoisotopic (exact) mass is 173 g/mol. The Bertz CT molecular complexity index is 206. The Hall–Kier alpha value is -0.666. The van der Waals surface area contributed by atoms with Gasteiger partial charge in [-0.1, -0.05) is 18.2 Å². The molecule has 0 aromatic heterocycles. The molecule has 1 aromatic rings. The molecule has 0 heterocycles. The number of hydrogen-bond donors (Lipinski definition) is 1. The van der Waals surface area contributed by atoms with Gasteiger partial charge in [-0.05, 0) is 12.1 Å². The molecule has 0 amide bonds. The van der Waals surface area contributed by atoms with Crippen LogP contribution in [0, 0.1) is 0 Å². The van der Waals surface area contributed by atoms with Crippen molar-refractivity contribution in [3.05, 3.63) is 30.3 Å². The van der Waals surface area contributed by atoms with Crippen molar-refractivity contribution in [1.82, 2.24) is 0 Å². The van der Waals surface area contributed by atoms with E-state index in [2.05, 4.69) is 0 Å². The zero-order valence-electron chi connectivity index (χ0n) is 5.28. The molecule has 52 valence electrons. The molecular weight excluding hydrogens is 166 g/mol. The fourth-order valence-electron chi connectivity index (χ4n) is 0.453. The molecule has 0 aliphatic rings. The molecule has 0 saturated heterocycles. The first-order valence-electron chi connectivity index (χ1n) is 2.61. The van der Waals surface area contributed by atoms with E-state index in [1.807, 2.05) is 30.3 Å². The van der Waals surface area contributed by atoms with Crippen LogP contribution in [0.4, 0.5) is 5.69 Å². The fourth-order valence-corrected chi connectivity index (χ4v) is 0.453. The van der Waals surface area contributed by atoms with Crippen LogP contribution in [0.2, 0.25) is 0 Å². The van der Waals surface area contributed by atoms with Gasteiger partial charge in [-0.2, -0.15) is 0 Å². The number of rotatable bonds is 0. The second-order valence-electron chi connectivity index (χ2n) is 1.49. The normalized spacial score (nSPS) is 6.80. The summed E-state index contributed by atoms with van der Waals surface area (Å²) in [4.78, 5) is 0. The summed E-state index contributed by atoms with van der Waals surface area (Å²) < 4.78 is 17.0. The standard InChI is InChI=1S/C6H7N.2O.Ti/c7-6-4-2-1-3-5-6;;;/h1-5H,7H2;;;. The summed E-state index contributed by atoms with van der Waals surface area (Å²) in [6, 6.07) is 9.49. The Morgan fingerprint density at radius 3 is 1.70 bits per heavy atom. The molecule has 3 nitrogen and oxygen atoms in total. The van der Waals surface area contributed by atoms with Crippen LogP contribution < -0.4 is 5.73 Å². The first-order chi connectivity index (χ1) is 4.81. The number of para-hydroxylation sites is 1. The van der Waals surface area contributed by atoms with Crippen LogP contribution in [-0.4, -0.2) is 0 Å². The van der Waals surface area contributed by atoms with Crippen LogP contribution in [0.3, 0.4) is 0 Å². The fraction of sp³-hybridized carbons (Fsp3) is 0. The molecular formula is C6H7NO2Ti. The third kappa shape index (κ3) is 5.47. The summed E-state index contributed by atoms with van der Waals surface area (Å²) in [5, 5.41) is 0. The summed E-state index contributed by atoms with van der Waals surface area (Å²) in [6.07, 6.45) is 0. The Morgan fingerprint density at radius 1 is 1.10 bits per heavy atom. The first kappa shape index (κ1) is 9.33. The van der Waals surface area contributed by atoms with Crippen LogP contribution in [0.25, 0.3) is 0 Å². The third-order valence-corrected chi connectivity index (χ3v) is 0.800. The first-order valence-corrected chi connectivity index (χ1v) is 3.88. The van der Waals surface area contributed by atoms with Crippen molar-refractivity contribution in [2.24, 2.45) is 0 Å². The summed E-state index contributed by atoms with van der Waals surface area (Å²) in [5.74, 6) is 0. The van der Waals surface area contributed by atoms with Gasteiger partial charge >= 0.3 is 25.7 Å². The van der Waals surface area contributed by atoms with E-state index in [1.165, 1.54) is 0 Å². The predicted octanol–water partition coefficient (Wildman–Crippen LogP) is 1.03. The quantitative estimate of drug-likeness (QED) is 0.470. The van der Waals surface area contributed by atoms with E-state index in [4.69, 9.17) is 12.4 Å². The molecule has 0 bridgehead atoms. The molecule has 2 N–H and O–H groups in total. The van der Waals surface area contributed by atoms with Crippen molar-refractivity contribution in [2.45, 2.75) is 0 Å². The van der Waals surface area contributed by atoms with Crippen LogP contribution in [0.5, 0.6) is 0 Å². The van der Waals surface area contributed by atoms with Gasteiger partial charge in [0.1, 0.15) is 0 Å². The van der Waals surface area contributed by atoms with E-state index in [9.17, 15) is 0 Å². The summed E-state index contributed by atoms with van der Waals surface area (Å²) in [5.41, 5.74) is 6.18. The van der Waals surface area contributed by atoms with E-state index in [0.717, 1.165) is 5.69 Å². The third-order valence-electron chi connectivity index (χ3n) is 0.800. The Kier molecular flexibility index (Phi) is 6.02. The van der Waals surface area contributed by atoms with Gasteiger partial charge in [-0.3, -0.25) is 0 Å². The van der Waals surface area contributed by atoms with Crippen molar-refractivity contribution in [3.63, 3.8) is 0 Å². The zero-order chi connectivity index (χ0) is 7.82. The summed E-state index contributed by atoms with van der Waals surface area (Å²) >= 11 is -2.00. The van der Waals surface area contributed by atoms with Crippen LogP contribution >= 0.6 is 0 Å². The second-order valence-corrected chi connectivity index (χ2v) is 1.75. The number of anilines is 1. The van der Waals surface area contributed by atoms with E-state index in [0.29, 0.717) is 0 Å². The maximum atomic E-state index is 8.50. The molecule has 0 aliphatic carbocycles. The van der Waals surface area contributed by atoms with Gasteiger partial charge in [0.2, 0.25) is 0 Å². The van der Waals surface area contributed by atoms with E-state index in [1.54, 1.807) is 0 Å². The van der Waals surface area contributed by atoms with Crippen molar-refractivity contribution in [3.8, 4) is 0 Å². The van der Waals surface area contributed by atoms with Gasteiger partial charge < -0.3 is 5.73 Å². The maximum absolute atomic E-state index is 8.50. The molecule has 10 heavy (non-hydrogen) atoms.